The minimum Gasteiger partial charge on any atom is -0.496 e. The van der Waals surface area contributed by atoms with Gasteiger partial charge in [0.2, 0.25) is 6.79 Å². The third-order valence-corrected chi connectivity index (χ3v) is 3.71. The van der Waals surface area contributed by atoms with Crippen molar-refractivity contribution in [2.24, 2.45) is 0 Å². The van der Waals surface area contributed by atoms with Crippen LogP contribution in [-0.4, -0.2) is 42.8 Å². The van der Waals surface area contributed by atoms with Crippen LogP contribution in [0, 0.1) is 0 Å². The summed E-state index contributed by atoms with van der Waals surface area (Å²) >= 11 is 4.90. The van der Waals surface area contributed by atoms with Crippen molar-refractivity contribution in [1.82, 2.24) is 10.2 Å². The number of ether oxygens (including phenoxy) is 3. The summed E-state index contributed by atoms with van der Waals surface area (Å²) < 4.78 is 15.8. The number of thiocarbonyl (C=S) groups is 1. The highest BCUT2D eigenvalue weighted by Gasteiger charge is 2.31. The van der Waals surface area contributed by atoms with E-state index in [-0.39, 0.29) is 17.5 Å². The number of nitrogens with one attached hydrogen (secondary N) is 1. The molecule has 1 saturated heterocycles. The van der Waals surface area contributed by atoms with Gasteiger partial charge >= 0.3 is 0 Å². The molecule has 0 spiro atoms. The largest absolute Gasteiger partial charge is 0.496 e. The molecule has 2 heterocycles. The van der Waals surface area contributed by atoms with Gasteiger partial charge in [-0.1, -0.05) is 0 Å². The second-order valence-electron chi connectivity index (χ2n) is 4.63. The summed E-state index contributed by atoms with van der Waals surface area (Å²) in [5, 5.41) is 2.53. The number of nitrogens with zero attached hydrogens (tertiary/aromatic N) is 1. The highest BCUT2D eigenvalue weighted by molar-refractivity contribution is 7.80. The Hall–Kier alpha value is -2.61. The molecule has 0 aromatic heterocycles. The van der Waals surface area contributed by atoms with Crippen LogP contribution in [0.4, 0.5) is 0 Å². The normalized spacial score (nSPS) is 18.7. The van der Waals surface area contributed by atoms with Gasteiger partial charge in [0.25, 0.3) is 11.8 Å². The Bertz CT molecular complexity index is 728. The van der Waals surface area contributed by atoms with Gasteiger partial charge in [0.05, 0.1) is 7.11 Å². The first-order valence-corrected chi connectivity index (χ1v) is 6.75. The van der Waals surface area contributed by atoms with Gasteiger partial charge in [-0.25, -0.2) is 0 Å². The van der Waals surface area contributed by atoms with Gasteiger partial charge in [0, 0.05) is 18.7 Å². The van der Waals surface area contributed by atoms with E-state index in [2.05, 4.69) is 5.32 Å². The molecule has 2 amide bonds. The maximum atomic E-state index is 12.2. The summed E-state index contributed by atoms with van der Waals surface area (Å²) in [6.45, 7) is 0.120. The maximum absolute atomic E-state index is 12.2. The molecule has 7 nitrogen and oxygen atoms in total. The zero-order chi connectivity index (χ0) is 15.9. The highest BCUT2D eigenvalue weighted by Crippen LogP contribution is 2.39. The Morgan fingerprint density at radius 3 is 2.68 bits per heavy atom. The third kappa shape index (κ3) is 2.27. The van der Waals surface area contributed by atoms with Crippen LogP contribution in [0.1, 0.15) is 5.56 Å². The topological polar surface area (TPSA) is 77.1 Å². The average molecular weight is 320 g/mol. The molecular formula is C14H12N2O5S. The van der Waals surface area contributed by atoms with Crippen molar-refractivity contribution in [1.29, 1.82) is 0 Å². The molecule has 1 aromatic rings. The van der Waals surface area contributed by atoms with Crippen LogP contribution in [0.2, 0.25) is 0 Å². The predicted molar refractivity (Wildman–Crippen MR) is 80.6 cm³/mol. The lowest BCUT2D eigenvalue weighted by atomic mass is 10.1. The summed E-state index contributed by atoms with van der Waals surface area (Å²) in [5.74, 6) is 0.520. The molecule has 0 atom stereocenters. The summed E-state index contributed by atoms with van der Waals surface area (Å²) in [6, 6.07) is 3.30. The number of carbonyl (C=O) groups excluding carboxylic acids is 2. The zero-order valence-corrected chi connectivity index (χ0v) is 12.7. The Labute approximate surface area is 131 Å². The molecular weight excluding hydrogens is 308 g/mol. The summed E-state index contributed by atoms with van der Waals surface area (Å²) in [7, 11) is 2.98. The number of rotatable bonds is 2. The molecule has 2 aliphatic rings. The van der Waals surface area contributed by atoms with E-state index < -0.39 is 11.8 Å². The van der Waals surface area contributed by atoms with Crippen molar-refractivity contribution in [3.05, 3.63) is 23.3 Å². The maximum Gasteiger partial charge on any atom is 0.265 e. The fraction of sp³-hybridized carbons (Fsp3) is 0.214. The fourth-order valence-corrected chi connectivity index (χ4v) is 2.31. The molecule has 2 aliphatic heterocycles. The number of likely N-dealkylation sites (N-methyl/N-ethyl adjacent to an activating group) is 1. The third-order valence-electron chi connectivity index (χ3n) is 3.33. The lowest BCUT2D eigenvalue weighted by molar-refractivity contribution is -0.128. The van der Waals surface area contributed by atoms with E-state index in [0.717, 1.165) is 0 Å². The second-order valence-corrected chi connectivity index (χ2v) is 5.02. The number of benzene rings is 1. The Morgan fingerprint density at radius 1 is 1.32 bits per heavy atom. The van der Waals surface area contributed by atoms with E-state index in [4.69, 9.17) is 26.4 Å². The first-order chi connectivity index (χ1) is 10.5. The molecule has 0 unspecified atom stereocenters. The first-order valence-electron chi connectivity index (χ1n) is 6.34. The van der Waals surface area contributed by atoms with Crippen molar-refractivity contribution in [2.75, 3.05) is 21.0 Å². The molecule has 3 rings (SSSR count). The molecule has 114 valence electrons. The average Bonchev–Trinajstić information content (AvgIpc) is 2.95. The summed E-state index contributed by atoms with van der Waals surface area (Å²) in [6.07, 6.45) is 1.44. The monoisotopic (exact) mass is 320 g/mol. The van der Waals surface area contributed by atoms with Crippen LogP contribution in [-0.2, 0) is 9.59 Å². The van der Waals surface area contributed by atoms with Crippen LogP contribution in [0.5, 0.6) is 17.2 Å². The molecule has 0 radical (unpaired) electrons. The van der Waals surface area contributed by atoms with Gasteiger partial charge in [-0.15, -0.1) is 0 Å². The standard InChI is InChI=1S/C14H12N2O5S/c1-16-13(18)8(12(17)15-14(16)22)3-7-4-10-11(21-6-20-10)5-9(7)19-2/h3-5H,6H2,1-2H3,(H,15,17,22). The molecule has 22 heavy (non-hydrogen) atoms. The van der Waals surface area contributed by atoms with E-state index >= 15 is 0 Å². The Balaban J connectivity index is 2.06. The van der Waals surface area contributed by atoms with Crippen LogP contribution < -0.4 is 19.5 Å². The summed E-state index contributed by atoms with van der Waals surface area (Å²) in [5.41, 5.74) is 0.500. The number of amides is 2. The number of carbonyl (C=O) groups is 2. The summed E-state index contributed by atoms with van der Waals surface area (Å²) in [4.78, 5) is 25.4. The van der Waals surface area contributed by atoms with Crippen molar-refractivity contribution in [2.45, 2.75) is 0 Å². The lowest BCUT2D eigenvalue weighted by Gasteiger charge is -2.25. The molecule has 1 N–H and O–H groups in total. The quantitative estimate of drug-likeness (QED) is 0.491. The van der Waals surface area contributed by atoms with Gasteiger partial charge in [-0.2, -0.15) is 0 Å². The second kappa shape index (κ2) is 5.30. The zero-order valence-electron chi connectivity index (χ0n) is 11.8. The van der Waals surface area contributed by atoms with Gasteiger partial charge in [0.1, 0.15) is 11.3 Å². The minimum absolute atomic E-state index is 0.0340. The van der Waals surface area contributed by atoms with E-state index in [1.165, 1.54) is 25.1 Å². The van der Waals surface area contributed by atoms with Crippen molar-refractivity contribution in [3.63, 3.8) is 0 Å². The number of fused-ring (bicyclic) bond motifs is 1. The van der Waals surface area contributed by atoms with Crippen LogP contribution in [0.25, 0.3) is 6.08 Å². The highest BCUT2D eigenvalue weighted by atomic mass is 32.1. The van der Waals surface area contributed by atoms with E-state index in [0.29, 0.717) is 22.8 Å². The van der Waals surface area contributed by atoms with Crippen molar-refractivity contribution in [3.8, 4) is 17.2 Å². The predicted octanol–water partition coefficient (Wildman–Crippen LogP) is 0.680. The van der Waals surface area contributed by atoms with Crippen LogP contribution >= 0.6 is 12.2 Å². The Kier molecular flexibility index (Phi) is 3.45. The fourth-order valence-electron chi connectivity index (χ4n) is 2.13. The smallest absolute Gasteiger partial charge is 0.265 e. The van der Waals surface area contributed by atoms with Crippen LogP contribution in [0.15, 0.2) is 17.7 Å². The van der Waals surface area contributed by atoms with Gasteiger partial charge in [0.15, 0.2) is 16.6 Å². The molecule has 0 bridgehead atoms. The van der Waals surface area contributed by atoms with Crippen molar-refractivity contribution < 1.29 is 23.8 Å². The lowest BCUT2D eigenvalue weighted by Crippen LogP contribution is -2.52. The molecule has 8 heteroatoms. The molecule has 0 aliphatic carbocycles. The molecule has 1 aromatic carbocycles. The first kappa shape index (κ1) is 14.3. The minimum atomic E-state index is -0.548. The molecule has 0 saturated carbocycles. The van der Waals surface area contributed by atoms with E-state index in [1.54, 1.807) is 12.1 Å². The van der Waals surface area contributed by atoms with E-state index in [9.17, 15) is 9.59 Å². The molecule has 1 fully saturated rings. The number of methoxy groups -OCH3 is 1. The SMILES string of the molecule is COc1cc2c(cc1C=C1C(=O)NC(=S)N(C)C1=O)OCO2. The van der Waals surface area contributed by atoms with Gasteiger partial charge in [-0.05, 0) is 24.4 Å². The number of hydrogen-bond donors (Lipinski definition) is 1. The van der Waals surface area contributed by atoms with E-state index in [1.807, 2.05) is 0 Å². The van der Waals surface area contributed by atoms with Gasteiger partial charge in [-0.3, -0.25) is 19.8 Å². The Morgan fingerprint density at radius 2 is 2.00 bits per heavy atom. The number of hydrogen-bond acceptors (Lipinski definition) is 6. The van der Waals surface area contributed by atoms with Gasteiger partial charge < -0.3 is 14.2 Å². The van der Waals surface area contributed by atoms with Crippen molar-refractivity contribution >= 4 is 35.2 Å². The van der Waals surface area contributed by atoms with Crippen LogP contribution in [0.3, 0.4) is 0 Å².